The van der Waals surface area contributed by atoms with Crippen LogP contribution in [0.2, 0.25) is 0 Å². The molecule has 0 radical (unpaired) electrons. The molecule has 0 bridgehead atoms. The highest BCUT2D eigenvalue weighted by atomic mass is 16.7. The molecule has 0 spiro atoms. The number of aromatic nitrogens is 1. The van der Waals surface area contributed by atoms with Crippen LogP contribution in [0.5, 0.6) is 11.5 Å². The highest BCUT2D eigenvalue weighted by Gasteiger charge is 2.48. The first-order chi connectivity index (χ1) is 15.5. The Balaban J connectivity index is 1.53. The predicted molar refractivity (Wildman–Crippen MR) is 113 cm³/mol. The number of amides is 3. The smallest absolute Gasteiger partial charge is 0.264 e. The number of H-pyrrole nitrogens is 1. The first kappa shape index (κ1) is 18.7. The zero-order valence-corrected chi connectivity index (χ0v) is 17.3. The maximum Gasteiger partial charge on any atom is 0.264 e. The maximum atomic E-state index is 13.3. The molecule has 3 aliphatic rings. The Hall–Kier alpha value is -4.01. The van der Waals surface area contributed by atoms with Gasteiger partial charge in [0.2, 0.25) is 18.6 Å². The Labute approximate surface area is 182 Å². The van der Waals surface area contributed by atoms with Crippen LogP contribution in [0.4, 0.5) is 0 Å². The van der Waals surface area contributed by atoms with Crippen LogP contribution < -0.4 is 14.9 Å². The number of hydrogen-bond donors (Lipinski definition) is 2. The van der Waals surface area contributed by atoms with Gasteiger partial charge in [0.25, 0.3) is 5.91 Å². The molecule has 0 aliphatic carbocycles. The number of carbonyl (C=O) groups excluding carboxylic acids is 3. The lowest BCUT2D eigenvalue weighted by Gasteiger charge is -2.46. The number of carbonyl (C=O) groups is 3. The largest absolute Gasteiger partial charge is 0.454 e. The van der Waals surface area contributed by atoms with E-state index in [0.717, 1.165) is 32.7 Å². The standard InChI is InChI=1S/C23H20N4O5/c1-12(28)25-26-10-20(29)27-17(23(26)30)9-15-14-4-2-3-5-16(14)24-21(15)22(27)13-6-7-18-19(8-13)32-11-31-18/h2-8,17,22,24H,9-11H2,1H3,(H,25,28). The van der Waals surface area contributed by atoms with Crippen LogP contribution in [-0.2, 0) is 20.8 Å². The average Bonchev–Trinajstić information content (AvgIpc) is 3.39. The van der Waals surface area contributed by atoms with Gasteiger partial charge in [-0.2, -0.15) is 0 Å². The lowest BCUT2D eigenvalue weighted by molar-refractivity contribution is -0.163. The SMILES string of the molecule is CC(=O)NN1CC(=O)N2C(Cc3c([nH]c4ccccc34)C2c2ccc3c(c2)OCO3)C1=O. The minimum absolute atomic E-state index is 0.149. The Kier molecular flexibility index (Phi) is 3.95. The van der Waals surface area contributed by atoms with Crippen molar-refractivity contribution >= 4 is 28.6 Å². The Morgan fingerprint density at radius 2 is 1.94 bits per heavy atom. The number of benzene rings is 2. The van der Waals surface area contributed by atoms with Crippen molar-refractivity contribution in [3.8, 4) is 11.5 Å². The Morgan fingerprint density at radius 3 is 2.78 bits per heavy atom. The summed E-state index contributed by atoms with van der Waals surface area (Å²) >= 11 is 0. The molecule has 2 unspecified atom stereocenters. The van der Waals surface area contributed by atoms with E-state index in [4.69, 9.17) is 9.47 Å². The second-order valence-electron chi connectivity index (χ2n) is 8.19. The molecule has 32 heavy (non-hydrogen) atoms. The molecular weight excluding hydrogens is 412 g/mol. The van der Waals surface area contributed by atoms with E-state index in [2.05, 4.69) is 10.4 Å². The molecule has 6 rings (SSSR count). The average molecular weight is 432 g/mol. The van der Waals surface area contributed by atoms with Gasteiger partial charge in [0.05, 0.1) is 6.04 Å². The van der Waals surface area contributed by atoms with E-state index >= 15 is 0 Å². The topological polar surface area (TPSA) is 104 Å². The summed E-state index contributed by atoms with van der Waals surface area (Å²) in [6.45, 7) is 1.25. The second kappa shape index (κ2) is 6.74. The van der Waals surface area contributed by atoms with Crippen molar-refractivity contribution in [2.24, 2.45) is 0 Å². The fourth-order valence-electron chi connectivity index (χ4n) is 4.98. The maximum absolute atomic E-state index is 13.3. The predicted octanol–water partition coefficient (Wildman–Crippen LogP) is 1.63. The van der Waals surface area contributed by atoms with Crippen molar-refractivity contribution in [2.45, 2.75) is 25.4 Å². The molecule has 1 fully saturated rings. The third-order valence-corrected chi connectivity index (χ3v) is 6.27. The summed E-state index contributed by atoms with van der Waals surface area (Å²) in [5.74, 6) is 0.320. The minimum Gasteiger partial charge on any atom is -0.454 e. The molecule has 3 amide bonds. The number of nitrogens with one attached hydrogen (secondary N) is 2. The third kappa shape index (κ3) is 2.67. The zero-order chi connectivity index (χ0) is 22.0. The van der Waals surface area contributed by atoms with Crippen LogP contribution in [-0.4, -0.2) is 52.0 Å². The van der Waals surface area contributed by atoms with Crippen molar-refractivity contribution in [3.05, 3.63) is 59.3 Å². The van der Waals surface area contributed by atoms with Crippen LogP contribution in [0.3, 0.4) is 0 Å². The number of para-hydroxylation sites is 1. The lowest BCUT2D eigenvalue weighted by Crippen LogP contribution is -2.66. The monoisotopic (exact) mass is 432 g/mol. The van der Waals surface area contributed by atoms with Crippen LogP contribution in [0.1, 0.15) is 29.8 Å². The summed E-state index contributed by atoms with van der Waals surface area (Å²) in [5.41, 5.74) is 6.14. The van der Waals surface area contributed by atoms with Crippen molar-refractivity contribution in [1.82, 2.24) is 20.3 Å². The molecule has 2 aromatic carbocycles. The number of piperazine rings is 1. The zero-order valence-electron chi connectivity index (χ0n) is 17.3. The van der Waals surface area contributed by atoms with Crippen molar-refractivity contribution in [3.63, 3.8) is 0 Å². The molecule has 1 saturated heterocycles. The number of hydrogen-bond acceptors (Lipinski definition) is 5. The lowest BCUT2D eigenvalue weighted by atomic mass is 9.86. The van der Waals surface area contributed by atoms with Crippen LogP contribution >= 0.6 is 0 Å². The Bertz CT molecular complexity index is 1300. The summed E-state index contributed by atoms with van der Waals surface area (Å²) in [4.78, 5) is 43.4. The third-order valence-electron chi connectivity index (χ3n) is 6.27. The van der Waals surface area contributed by atoms with E-state index in [1.165, 1.54) is 6.92 Å². The minimum atomic E-state index is -0.731. The highest BCUT2D eigenvalue weighted by Crippen LogP contribution is 2.44. The molecule has 4 heterocycles. The second-order valence-corrected chi connectivity index (χ2v) is 8.19. The van der Waals surface area contributed by atoms with E-state index in [1.54, 1.807) is 4.90 Å². The molecule has 1 aromatic heterocycles. The Morgan fingerprint density at radius 1 is 1.12 bits per heavy atom. The summed E-state index contributed by atoms with van der Waals surface area (Å²) in [7, 11) is 0. The van der Waals surface area contributed by atoms with Crippen molar-refractivity contribution in [1.29, 1.82) is 0 Å². The van der Waals surface area contributed by atoms with Gasteiger partial charge in [-0.05, 0) is 29.3 Å². The molecule has 9 nitrogen and oxygen atoms in total. The first-order valence-corrected chi connectivity index (χ1v) is 10.4. The molecule has 0 saturated carbocycles. The summed E-state index contributed by atoms with van der Waals surface area (Å²) in [6, 6.07) is 12.2. The molecule has 2 atom stereocenters. The van der Waals surface area contributed by atoms with E-state index in [-0.39, 0.29) is 25.2 Å². The van der Waals surface area contributed by atoms with Crippen LogP contribution in [0, 0.1) is 0 Å². The number of rotatable bonds is 2. The van der Waals surface area contributed by atoms with Gasteiger partial charge in [0, 0.05) is 29.9 Å². The molecule has 3 aromatic rings. The van der Waals surface area contributed by atoms with Gasteiger partial charge < -0.3 is 19.4 Å². The van der Waals surface area contributed by atoms with E-state index < -0.39 is 18.0 Å². The van der Waals surface area contributed by atoms with Gasteiger partial charge in [0.1, 0.15) is 12.6 Å². The van der Waals surface area contributed by atoms with Crippen molar-refractivity contribution < 1.29 is 23.9 Å². The molecule has 9 heteroatoms. The number of fused-ring (bicyclic) bond motifs is 5. The quantitative estimate of drug-likeness (QED) is 0.641. The first-order valence-electron chi connectivity index (χ1n) is 10.4. The van der Waals surface area contributed by atoms with Gasteiger partial charge in [-0.25, -0.2) is 5.01 Å². The number of aromatic amines is 1. The molecular formula is C23H20N4O5. The molecule has 3 aliphatic heterocycles. The normalized spacial score (nSPS) is 21.5. The van der Waals surface area contributed by atoms with Crippen molar-refractivity contribution in [2.75, 3.05) is 13.3 Å². The molecule has 162 valence electrons. The summed E-state index contributed by atoms with van der Waals surface area (Å²) in [6.07, 6.45) is 0.362. The molecule has 2 N–H and O–H groups in total. The fraction of sp³-hybridized carbons (Fsp3) is 0.261. The summed E-state index contributed by atoms with van der Waals surface area (Å²) < 4.78 is 11.0. The van der Waals surface area contributed by atoms with Gasteiger partial charge in [-0.15, -0.1) is 0 Å². The number of ether oxygens (including phenoxy) is 2. The number of hydrazine groups is 1. The van der Waals surface area contributed by atoms with Crippen LogP contribution in [0.15, 0.2) is 42.5 Å². The van der Waals surface area contributed by atoms with E-state index in [0.29, 0.717) is 17.9 Å². The van der Waals surface area contributed by atoms with Crippen LogP contribution in [0.25, 0.3) is 10.9 Å². The van der Waals surface area contributed by atoms with Gasteiger partial charge in [0.15, 0.2) is 11.5 Å². The highest BCUT2D eigenvalue weighted by molar-refractivity contribution is 5.98. The van der Waals surface area contributed by atoms with Gasteiger partial charge in [-0.3, -0.25) is 19.8 Å². The van der Waals surface area contributed by atoms with Gasteiger partial charge in [-0.1, -0.05) is 24.3 Å². The fourth-order valence-corrected chi connectivity index (χ4v) is 4.98. The van der Waals surface area contributed by atoms with Gasteiger partial charge >= 0.3 is 0 Å². The summed E-state index contributed by atoms with van der Waals surface area (Å²) in [5, 5.41) is 2.15. The van der Waals surface area contributed by atoms with E-state index in [1.807, 2.05) is 42.5 Å². The number of nitrogens with zero attached hydrogens (tertiary/aromatic N) is 2. The van der Waals surface area contributed by atoms with E-state index in [9.17, 15) is 14.4 Å².